The number of amides is 2. The summed E-state index contributed by atoms with van der Waals surface area (Å²) >= 11 is 0. The Balaban J connectivity index is 1.85. The molecule has 0 spiro atoms. The number of hydrogen-bond donors (Lipinski definition) is 2. The van der Waals surface area contributed by atoms with E-state index in [4.69, 9.17) is 4.74 Å². The number of imidazole rings is 1. The van der Waals surface area contributed by atoms with Crippen LogP contribution >= 0.6 is 0 Å². The summed E-state index contributed by atoms with van der Waals surface area (Å²) in [5.41, 5.74) is 1.79. The maximum Gasteiger partial charge on any atom is 0.315 e. The first-order chi connectivity index (χ1) is 11.4. The molecule has 0 saturated carbocycles. The highest BCUT2D eigenvalue weighted by molar-refractivity contribution is 5.74. The van der Waals surface area contributed by atoms with Crippen LogP contribution in [0.3, 0.4) is 0 Å². The van der Waals surface area contributed by atoms with Crippen LogP contribution < -0.4 is 10.6 Å². The molecule has 1 heterocycles. The fourth-order valence-corrected chi connectivity index (χ4v) is 2.57. The van der Waals surface area contributed by atoms with Gasteiger partial charge in [-0.1, -0.05) is 12.1 Å². The molecule has 0 aliphatic carbocycles. The highest BCUT2D eigenvalue weighted by Gasteiger charge is 2.21. The van der Waals surface area contributed by atoms with Gasteiger partial charge in [0.25, 0.3) is 0 Å². The Morgan fingerprint density at radius 2 is 2.21 bits per heavy atom. The molecule has 1 aromatic heterocycles. The number of rotatable bonds is 7. The van der Waals surface area contributed by atoms with Gasteiger partial charge in [-0.25, -0.2) is 9.78 Å². The van der Waals surface area contributed by atoms with Crippen LogP contribution in [-0.2, 0) is 11.3 Å². The average Bonchev–Trinajstić information content (AvgIpc) is 3.07. The molecule has 1 unspecified atom stereocenters. The molecule has 24 heavy (non-hydrogen) atoms. The Morgan fingerprint density at radius 3 is 2.88 bits per heavy atom. The third kappa shape index (κ3) is 5.38. The lowest BCUT2D eigenvalue weighted by molar-refractivity contribution is 0.00950. The van der Waals surface area contributed by atoms with Crippen LogP contribution in [0.4, 0.5) is 4.79 Å². The van der Waals surface area contributed by atoms with Gasteiger partial charge in [0.1, 0.15) is 0 Å². The van der Waals surface area contributed by atoms with Crippen molar-refractivity contribution in [2.45, 2.75) is 45.4 Å². The van der Waals surface area contributed by atoms with E-state index in [1.807, 2.05) is 55.8 Å². The molecular weight excluding hydrogens is 304 g/mol. The lowest BCUT2D eigenvalue weighted by Gasteiger charge is -2.27. The molecule has 0 radical (unpaired) electrons. The zero-order valence-corrected chi connectivity index (χ0v) is 14.7. The molecule has 1 atom stereocenters. The highest BCUT2D eigenvalue weighted by Crippen LogP contribution is 2.15. The Kier molecular flexibility index (Phi) is 5.98. The summed E-state index contributed by atoms with van der Waals surface area (Å²) in [6.45, 7) is 6.45. The molecule has 0 aliphatic heterocycles. The lowest BCUT2D eigenvalue weighted by Crippen LogP contribution is -2.43. The standard InChI is InChI=1S/C18H26N4O2/c1-14(11-18(2,3)24-4)21-17(23)20-12-15-6-5-7-16(10-15)22-9-8-19-13-22/h5-10,13-14H,11-12H2,1-4H3,(H2,20,21,23). The lowest BCUT2D eigenvalue weighted by atomic mass is 10.00. The number of hydrogen-bond acceptors (Lipinski definition) is 3. The molecule has 0 fully saturated rings. The van der Waals surface area contributed by atoms with Crippen LogP contribution in [0.2, 0.25) is 0 Å². The zero-order valence-electron chi connectivity index (χ0n) is 14.7. The SMILES string of the molecule is COC(C)(C)CC(C)NC(=O)NCc1cccc(-n2ccnc2)c1. The van der Waals surface area contributed by atoms with E-state index in [2.05, 4.69) is 15.6 Å². The molecule has 2 aromatic rings. The van der Waals surface area contributed by atoms with Gasteiger partial charge >= 0.3 is 6.03 Å². The minimum absolute atomic E-state index is 0.0252. The molecule has 130 valence electrons. The number of nitrogens with one attached hydrogen (secondary N) is 2. The van der Waals surface area contributed by atoms with Crippen LogP contribution in [0.25, 0.3) is 5.69 Å². The molecule has 0 saturated heterocycles. The minimum Gasteiger partial charge on any atom is -0.379 e. The number of carbonyl (C=O) groups is 1. The Morgan fingerprint density at radius 1 is 1.42 bits per heavy atom. The maximum absolute atomic E-state index is 12.0. The van der Waals surface area contributed by atoms with Gasteiger partial charge in [0.2, 0.25) is 0 Å². The van der Waals surface area contributed by atoms with Gasteiger partial charge < -0.3 is 19.9 Å². The number of urea groups is 1. The third-order valence-electron chi connectivity index (χ3n) is 3.89. The molecular formula is C18H26N4O2. The van der Waals surface area contributed by atoms with Crippen molar-refractivity contribution in [2.24, 2.45) is 0 Å². The van der Waals surface area contributed by atoms with Gasteiger partial charge in [-0.05, 0) is 44.9 Å². The fourth-order valence-electron chi connectivity index (χ4n) is 2.57. The molecule has 2 amide bonds. The van der Waals surface area contributed by atoms with E-state index < -0.39 is 0 Å². The maximum atomic E-state index is 12.0. The zero-order chi connectivity index (χ0) is 17.6. The summed E-state index contributed by atoms with van der Waals surface area (Å²) in [4.78, 5) is 16.1. The smallest absolute Gasteiger partial charge is 0.315 e. The van der Waals surface area contributed by atoms with Gasteiger partial charge in [-0.3, -0.25) is 0 Å². The number of carbonyl (C=O) groups excluding carboxylic acids is 1. The van der Waals surface area contributed by atoms with Crippen molar-refractivity contribution in [3.8, 4) is 5.69 Å². The van der Waals surface area contributed by atoms with Crippen molar-refractivity contribution in [1.82, 2.24) is 20.2 Å². The quantitative estimate of drug-likeness (QED) is 0.820. The van der Waals surface area contributed by atoms with E-state index in [1.165, 1.54) is 0 Å². The summed E-state index contributed by atoms with van der Waals surface area (Å²) in [7, 11) is 1.68. The topological polar surface area (TPSA) is 68.2 Å². The largest absolute Gasteiger partial charge is 0.379 e. The molecule has 2 rings (SSSR count). The van der Waals surface area contributed by atoms with E-state index >= 15 is 0 Å². The fraction of sp³-hybridized carbons (Fsp3) is 0.444. The van der Waals surface area contributed by atoms with E-state index in [1.54, 1.807) is 19.6 Å². The van der Waals surface area contributed by atoms with Gasteiger partial charge in [0.15, 0.2) is 0 Å². The first-order valence-electron chi connectivity index (χ1n) is 8.06. The van der Waals surface area contributed by atoms with Crippen molar-refractivity contribution in [3.05, 3.63) is 48.5 Å². The minimum atomic E-state index is -0.258. The van der Waals surface area contributed by atoms with E-state index in [9.17, 15) is 4.79 Å². The van der Waals surface area contributed by atoms with Gasteiger partial charge in [-0.2, -0.15) is 0 Å². The molecule has 0 aliphatic rings. The summed E-state index contributed by atoms with van der Waals surface area (Å²) in [6, 6.07) is 7.82. The first kappa shape index (κ1) is 18.0. The van der Waals surface area contributed by atoms with E-state index in [0.29, 0.717) is 6.54 Å². The second kappa shape index (κ2) is 7.97. The Bertz CT molecular complexity index is 653. The normalized spacial score (nSPS) is 12.7. The van der Waals surface area contributed by atoms with Gasteiger partial charge in [0, 0.05) is 37.8 Å². The predicted octanol–water partition coefficient (Wildman–Crippen LogP) is 2.88. The summed E-state index contributed by atoms with van der Waals surface area (Å²) in [5.74, 6) is 0. The molecule has 0 bridgehead atoms. The first-order valence-corrected chi connectivity index (χ1v) is 8.06. The Labute approximate surface area is 143 Å². The third-order valence-corrected chi connectivity index (χ3v) is 3.89. The number of aromatic nitrogens is 2. The summed E-state index contributed by atoms with van der Waals surface area (Å²) < 4.78 is 7.32. The van der Waals surface area contributed by atoms with E-state index in [0.717, 1.165) is 17.7 Å². The summed E-state index contributed by atoms with van der Waals surface area (Å²) in [5, 5.41) is 5.83. The number of ether oxygens (including phenoxy) is 1. The van der Waals surface area contributed by atoms with Gasteiger partial charge in [0.05, 0.1) is 11.9 Å². The van der Waals surface area contributed by atoms with Crippen molar-refractivity contribution >= 4 is 6.03 Å². The number of benzene rings is 1. The number of nitrogens with zero attached hydrogens (tertiary/aromatic N) is 2. The molecule has 6 heteroatoms. The van der Waals surface area contributed by atoms with Crippen LogP contribution in [0.5, 0.6) is 0 Å². The van der Waals surface area contributed by atoms with Crippen molar-refractivity contribution in [3.63, 3.8) is 0 Å². The molecule has 2 N–H and O–H groups in total. The van der Waals surface area contributed by atoms with Gasteiger partial charge in [-0.15, -0.1) is 0 Å². The van der Waals surface area contributed by atoms with E-state index in [-0.39, 0.29) is 17.7 Å². The average molecular weight is 330 g/mol. The van der Waals surface area contributed by atoms with Crippen molar-refractivity contribution in [1.29, 1.82) is 0 Å². The monoisotopic (exact) mass is 330 g/mol. The second-order valence-electron chi connectivity index (χ2n) is 6.54. The number of methoxy groups -OCH3 is 1. The van der Waals surface area contributed by atoms with Crippen LogP contribution in [0.15, 0.2) is 43.0 Å². The highest BCUT2D eigenvalue weighted by atomic mass is 16.5. The predicted molar refractivity (Wildman–Crippen MR) is 94.1 cm³/mol. The second-order valence-corrected chi connectivity index (χ2v) is 6.54. The van der Waals surface area contributed by atoms with Crippen LogP contribution in [0, 0.1) is 0 Å². The van der Waals surface area contributed by atoms with Crippen molar-refractivity contribution < 1.29 is 9.53 Å². The van der Waals surface area contributed by atoms with Crippen LogP contribution in [-0.4, -0.2) is 34.3 Å². The molecule has 6 nitrogen and oxygen atoms in total. The Hall–Kier alpha value is -2.34. The molecule has 1 aromatic carbocycles. The summed E-state index contributed by atoms with van der Waals surface area (Å²) in [6.07, 6.45) is 6.12. The van der Waals surface area contributed by atoms with Crippen LogP contribution in [0.1, 0.15) is 32.8 Å². The van der Waals surface area contributed by atoms with Crippen molar-refractivity contribution in [2.75, 3.05) is 7.11 Å².